The number of halogens is 2. The summed E-state index contributed by atoms with van der Waals surface area (Å²) in [6, 6.07) is 1.53. The van der Waals surface area contributed by atoms with Crippen LogP contribution >= 0.6 is 23.2 Å². The second-order valence-electron chi connectivity index (χ2n) is 5.15. The highest BCUT2D eigenvalue weighted by molar-refractivity contribution is 7.91. The third-order valence-electron chi connectivity index (χ3n) is 3.31. The number of aromatic nitrogens is 1. The molecule has 0 aliphatic carbocycles. The maximum Gasteiger partial charge on any atom is 0.191 e. The number of aliphatic imine (C=N–C) groups is 1. The Morgan fingerprint density at radius 2 is 2.22 bits per heavy atom. The van der Waals surface area contributed by atoms with Gasteiger partial charge in [0.2, 0.25) is 0 Å². The van der Waals surface area contributed by atoms with Crippen molar-refractivity contribution in [3.8, 4) is 0 Å². The number of anilines is 1. The summed E-state index contributed by atoms with van der Waals surface area (Å²) >= 11 is 11.8. The number of nitrogens with one attached hydrogen (secondary N) is 3. The standard InChI is InChI=1S/C13H19Cl2N5O2S/c1-16-13(20-10-2-5-23(21,22)8-10)18-4-3-17-12-11(15)6-9(14)7-19-12/h6-7,10H,2-5,8H2,1H3,(H,17,19)(H2,16,18,20). The minimum atomic E-state index is -2.91. The first-order valence-electron chi connectivity index (χ1n) is 7.12. The lowest BCUT2D eigenvalue weighted by atomic mass is 10.3. The molecular formula is C13H19Cl2N5O2S. The van der Waals surface area contributed by atoms with E-state index in [-0.39, 0.29) is 17.5 Å². The summed E-state index contributed by atoms with van der Waals surface area (Å²) in [5, 5.41) is 10.2. The molecule has 0 saturated carbocycles. The van der Waals surface area contributed by atoms with Crippen LogP contribution in [0.3, 0.4) is 0 Å². The van der Waals surface area contributed by atoms with Gasteiger partial charge < -0.3 is 16.0 Å². The lowest BCUT2D eigenvalue weighted by Crippen LogP contribution is -2.45. The largest absolute Gasteiger partial charge is 0.367 e. The molecule has 3 N–H and O–H groups in total. The van der Waals surface area contributed by atoms with Gasteiger partial charge in [-0.25, -0.2) is 13.4 Å². The van der Waals surface area contributed by atoms with Gasteiger partial charge in [-0.1, -0.05) is 23.2 Å². The van der Waals surface area contributed by atoms with Gasteiger partial charge in [-0.15, -0.1) is 0 Å². The van der Waals surface area contributed by atoms with E-state index in [0.29, 0.717) is 41.3 Å². The molecule has 0 aromatic carbocycles. The first-order chi connectivity index (χ1) is 10.9. The average molecular weight is 380 g/mol. The van der Waals surface area contributed by atoms with Gasteiger partial charge in [0.1, 0.15) is 5.82 Å². The first-order valence-corrected chi connectivity index (χ1v) is 9.70. The van der Waals surface area contributed by atoms with Crippen LogP contribution in [0.1, 0.15) is 6.42 Å². The van der Waals surface area contributed by atoms with Gasteiger partial charge in [0.15, 0.2) is 15.8 Å². The van der Waals surface area contributed by atoms with Crippen molar-refractivity contribution in [3.05, 3.63) is 22.3 Å². The maximum atomic E-state index is 11.4. The topological polar surface area (TPSA) is 95.5 Å². The Morgan fingerprint density at radius 3 is 2.83 bits per heavy atom. The Kier molecular flexibility index (Phi) is 6.32. The second-order valence-corrected chi connectivity index (χ2v) is 8.23. The van der Waals surface area contributed by atoms with Crippen LogP contribution in [0.15, 0.2) is 17.3 Å². The van der Waals surface area contributed by atoms with Crippen LogP contribution < -0.4 is 16.0 Å². The lowest BCUT2D eigenvalue weighted by Gasteiger charge is -2.16. The summed E-state index contributed by atoms with van der Waals surface area (Å²) in [4.78, 5) is 8.18. The van der Waals surface area contributed by atoms with E-state index in [1.165, 1.54) is 6.20 Å². The molecule has 1 unspecified atom stereocenters. The predicted octanol–water partition coefficient (Wildman–Crippen LogP) is 1.15. The van der Waals surface area contributed by atoms with Crippen LogP contribution in [0.5, 0.6) is 0 Å². The summed E-state index contributed by atoms with van der Waals surface area (Å²) in [7, 11) is -1.27. The number of pyridine rings is 1. The van der Waals surface area contributed by atoms with E-state index in [1.807, 2.05) is 0 Å². The van der Waals surface area contributed by atoms with E-state index in [9.17, 15) is 8.42 Å². The third-order valence-corrected chi connectivity index (χ3v) is 5.58. The molecule has 2 rings (SSSR count). The van der Waals surface area contributed by atoms with Gasteiger partial charge >= 0.3 is 0 Å². The Hall–Kier alpha value is -1.25. The van der Waals surface area contributed by atoms with Crippen molar-refractivity contribution in [1.82, 2.24) is 15.6 Å². The number of rotatable bonds is 5. The molecule has 2 heterocycles. The van der Waals surface area contributed by atoms with Crippen molar-refractivity contribution in [1.29, 1.82) is 0 Å². The Bertz CT molecular complexity index is 681. The van der Waals surface area contributed by atoms with Crippen molar-refractivity contribution in [2.45, 2.75) is 12.5 Å². The molecule has 1 aromatic heterocycles. The first kappa shape index (κ1) is 18.1. The van der Waals surface area contributed by atoms with Crippen molar-refractivity contribution < 1.29 is 8.42 Å². The molecule has 1 atom stereocenters. The molecule has 1 aliphatic rings. The molecule has 23 heavy (non-hydrogen) atoms. The zero-order valence-corrected chi connectivity index (χ0v) is 15.0. The van der Waals surface area contributed by atoms with E-state index in [1.54, 1.807) is 13.1 Å². The third kappa shape index (κ3) is 5.71. The molecule has 0 bridgehead atoms. The molecule has 0 spiro atoms. The summed E-state index contributed by atoms with van der Waals surface area (Å²) in [5.41, 5.74) is 0. The van der Waals surface area contributed by atoms with Crippen LogP contribution in [-0.2, 0) is 9.84 Å². The zero-order valence-electron chi connectivity index (χ0n) is 12.6. The number of sulfone groups is 1. The van der Waals surface area contributed by atoms with Crippen LogP contribution in [0, 0.1) is 0 Å². The minimum absolute atomic E-state index is 0.0912. The molecule has 0 radical (unpaired) electrons. The molecule has 1 aliphatic heterocycles. The smallest absolute Gasteiger partial charge is 0.191 e. The van der Waals surface area contributed by atoms with Gasteiger partial charge in [-0.3, -0.25) is 4.99 Å². The fourth-order valence-corrected chi connectivity index (χ4v) is 4.32. The number of hydrogen-bond donors (Lipinski definition) is 3. The Balaban J connectivity index is 1.74. The molecule has 10 heteroatoms. The number of guanidine groups is 1. The fourth-order valence-electron chi connectivity index (χ4n) is 2.20. The highest BCUT2D eigenvalue weighted by atomic mass is 35.5. The molecule has 0 amide bonds. The highest BCUT2D eigenvalue weighted by Crippen LogP contribution is 2.21. The fraction of sp³-hybridized carbons (Fsp3) is 0.538. The quantitative estimate of drug-likeness (QED) is 0.403. The maximum absolute atomic E-state index is 11.4. The van der Waals surface area contributed by atoms with Crippen molar-refractivity contribution in [2.24, 2.45) is 4.99 Å². The monoisotopic (exact) mass is 379 g/mol. The van der Waals surface area contributed by atoms with Gasteiger partial charge in [0, 0.05) is 32.4 Å². The van der Waals surface area contributed by atoms with Crippen molar-refractivity contribution in [2.75, 3.05) is 37.0 Å². The lowest BCUT2D eigenvalue weighted by molar-refractivity contribution is 0.599. The molecule has 7 nitrogen and oxygen atoms in total. The van der Waals surface area contributed by atoms with Gasteiger partial charge in [-0.2, -0.15) is 0 Å². The number of hydrogen-bond acceptors (Lipinski definition) is 5. The normalized spacial score (nSPS) is 20.3. The minimum Gasteiger partial charge on any atom is -0.367 e. The van der Waals surface area contributed by atoms with E-state index >= 15 is 0 Å². The van der Waals surface area contributed by atoms with Gasteiger partial charge in [-0.05, 0) is 12.5 Å². The molecule has 1 saturated heterocycles. The van der Waals surface area contributed by atoms with E-state index in [2.05, 4.69) is 25.9 Å². The van der Waals surface area contributed by atoms with Crippen LogP contribution in [0.2, 0.25) is 10.0 Å². The van der Waals surface area contributed by atoms with E-state index < -0.39 is 9.84 Å². The summed E-state index contributed by atoms with van der Waals surface area (Å²) in [6.07, 6.45) is 2.12. The summed E-state index contributed by atoms with van der Waals surface area (Å²) < 4.78 is 22.9. The second kappa shape index (κ2) is 8.03. The summed E-state index contributed by atoms with van der Waals surface area (Å²) in [6.45, 7) is 1.14. The molecular weight excluding hydrogens is 361 g/mol. The number of nitrogens with zero attached hydrogens (tertiary/aromatic N) is 2. The average Bonchev–Trinajstić information content (AvgIpc) is 2.83. The van der Waals surface area contributed by atoms with Crippen molar-refractivity contribution in [3.63, 3.8) is 0 Å². The Morgan fingerprint density at radius 1 is 1.43 bits per heavy atom. The van der Waals surface area contributed by atoms with Gasteiger partial charge in [0.25, 0.3) is 0 Å². The molecule has 1 fully saturated rings. The van der Waals surface area contributed by atoms with Crippen LogP contribution in [-0.4, -0.2) is 57.0 Å². The van der Waals surface area contributed by atoms with Crippen LogP contribution in [0.4, 0.5) is 5.82 Å². The summed E-state index contributed by atoms with van der Waals surface area (Å²) in [5.74, 6) is 1.51. The van der Waals surface area contributed by atoms with Gasteiger partial charge in [0.05, 0.1) is 21.6 Å². The Labute approximate surface area is 145 Å². The molecule has 1 aromatic rings. The highest BCUT2D eigenvalue weighted by Gasteiger charge is 2.28. The van der Waals surface area contributed by atoms with E-state index in [0.717, 1.165) is 0 Å². The predicted molar refractivity (Wildman–Crippen MR) is 94.3 cm³/mol. The molecule has 128 valence electrons. The SMILES string of the molecule is CN=C(NCCNc1ncc(Cl)cc1Cl)NC1CCS(=O)(=O)C1. The zero-order chi connectivity index (χ0) is 16.9. The van der Waals surface area contributed by atoms with Crippen LogP contribution in [0.25, 0.3) is 0 Å². The van der Waals surface area contributed by atoms with E-state index in [4.69, 9.17) is 23.2 Å². The van der Waals surface area contributed by atoms with Crippen molar-refractivity contribution >= 4 is 44.8 Å².